The van der Waals surface area contributed by atoms with Crippen molar-refractivity contribution in [1.82, 2.24) is 25.9 Å². The van der Waals surface area contributed by atoms with Crippen molar-refractivity contribution in [2.75, 3.05) is 25.2 Å². The third kappa shape index (κ3) is 8.92. The Bertz CT molecular complexity index is 733. The fourth-order valence-electron chi connectivity index (χ4n) is 2.43. The van der Waals surface area contributed by atoms with Crippen molar-refractivity contribution >= 4 is 35.5 Å². The van der Waals surface area contributed by atoms with E-state index in [1.807, 2.05) is 11.6 Å². The van der Waals surface area contributed by atoms with Gasteiger partial charge in [0, 0.05) is 18.3 Å². The number of aromatic amines is 1. The molecule has 0 aromatic carbocycles. The van der Waals surface area contributed by atoms with Crippen LogP contribution < -0.4 is 21.7 Å². The molecule has 0 saturated carbocycles. The van der Waals surface area contributed by atoms with Gasteiger partial charge in [-0.2, -0.15) is 11.8 Å². The maximum absolute atomic E-state index is 12.6. The van der Waals surface area contributed by atoms with E-state index in [9.17, 15) is 24.3 Å². The van der Waals surface area contributed by atoms with Gasteiger partial charge in [-0.1, -0.05) is 0 Å². The van der Waals surface area contributed by atoms with Crippen molar-refractivity contribution in [3.63, 3.8) is 0 Å². The van der Waals surface area contributed by atoms with Crippen LogP contribution in [-0.4, -0.2) is 98.4 Å². The highest BCUT2D eigenvalue weighted by atomic mass is 32.2. The summed E-state index contributed by atoms with van der Waals surface area (Å²) in [5.74, 6) is -3.30. The number of aliphatic carboxylic acids is 1. The first kappa shape index (κ1) is 26.4. The number of carboxylic acids is 1. The van der Waals surface area contributed by atoms with Crippen LogP contribution in [0.2, 0.25) is 0 Å². The first-order chi connectivity index (χ1) is 14.7. The SMILES string of the molecule is CSCCC(NC(=O)C(N)Cc1cnc[nH]1)C(=O)NC(CO)C(=O)NC(CO)C(=O)O. The highest BCUT2D eigenvalue weighted by molar-refractivity contribution is 7.98. The molecule has 0 spiro atoms. The van der Waals surface area contributed by atoms with Gasteiger partial charge in [0.25, 0.3) is 0 Å². The molecule has 4 atom stereocenters. The Balaban J connectivity index is 2.77. The second-order valence-corrected chi connectivity index (χ2v) is 7.54. The van der Waals surface area contributed by atoms with Gasteiger partial charge >= 0.3 is 5.97 Å². The molecule has 0 radical (unpaired) electrons. The number of aromatic nitrogens is 2. The third-order valence-electron chi connectivity index (χ3n) is 4.19. The monoisotopic (exact) mass is 460 g/mol. The molecule has 3 amide bonds. The smallest absolute Gasteiger partial charge is 0.328 e. The lowest BCUT2D eigenvalue weighted by Crippen LogP contribution is -2.58. The molecule has 13 nitrogen and oxygen atoms in total. The fraction of sp³-hybridized carbons (Fsp3) is 0.588. The molecule has 0 fully saturated rings. The molecular formula is C17H28N6O7S. The first-order valence-electron chi connectivity index (χ1n) is 9.30. The molecule has 0 aliphatic heterocycles. The predicted molar refractivity (Wildman–Crippen MR) is 111 cm³/mol. The summed E-state index contributed by atoms with van der Waals surface area (Å²) in [5, 5.41) is 34.1. The van der Waals surface area contributed by atoms with Gasteiger partial charge in [-0.25, -0.2) is 9.78 Å². The molecule has 0 saturated heterocycles. The molecular weight excluding hydrogens is 432 g/mol. The molecule has 14 heteroatoms. The minimum Gasteiger partial charge on any atom is -0.480 e. The summed E-state index contributed by atoms with van der Waals surface area (Å²) >= 11 is 1.43. The zero-order valence-electron chi connectivity index (χ0n) is 16.9. The average molecular weight is 461 g/mol. The number of aliphatic hydroxyl groups excluding tert-OH is 2. The van der Waals surface area contributed by atoms with Crippen LogP contribution in [0.1, 0.15) is 12.1 Å². The Morgan fingerprint density at radius 2 is 1.65 bits per heavy atom. The Kier molecular flexibility index (Phi) is 11.6. The van der Waals surface area contributed by atoms with E-state index in [1.165, 1.54) is 24.3 Å². The van der Waals surface area contributed by atoms with E-state index >= 15 is 0 Å². The summed E-state index contributed by atoms with van der Waals surface area (Å²) in [4.78, 5) is 54.8. The van der Waals surface area contributed by atoms with Crippen molar-refractivity contribution in [3.8, 4) is 0 Å². The maximum Gasteiger partial charge on any atom is 0.328 e. The van der Waals surface area contributed by atoms with E-state index in [1.54, 1.807) is 0 Å². The number of imidazole rings is 1. The van der Waals surface area contributed by atoms with Crippen LogP contribution in [0.25, 0.3) is 0 Å². The molecule has 1 heterocycles. The molecule has 1 aromatic rings. The van der Waals surface area contributed by atoms with Crippen LogP contribution in [0.15, 0.2) is 12.5 Å². The number of carbonyl (C=O) groups is 4. The Morgan fingerprint density at radius 1 is 1.06 bits per heavy atom. The summed E-state index contributed by atoms with van der Waals surface area (Å²) in [6, 6.07) is -5.07. The topological polar surface area (TPSA) is 220 Å². The Hall–Kier alpha value is -2.68. The van der Waals surface area contributed by atoms with Crippen molar-refractivity contribution in [3.05, 3.63) is 18.2 Å². The average Bonchev–Trinajstić information content (AvgIpc) is 3.25. The number of nitrogens with two attached hydrogens (primary N) is 1. The summed E-state index contributed by atoms with van der Waals surface area (Å²) in [5.41, 5.74) is 6.52. The van der Waals surface area contributed by atoms with Crippen LogP contribution in [0.3, 0.4) is 0 Å². The number of carboxylic acid groups (broad SMARTS) is 1. The fourth-order valence-corrected chi connectivity index (χ4v) is 2.90. The summed E-state index contributed by atoms with van der Waals surface area (Å²) in [6.07, 6.45) is 5.17. The van der Waals surface area contributed by atoms with Gasteiger partial charge in [0.1, 0.15) is 18.1 Å². The number of hydrogen-bond acceptors (Lipinski definition) is 9. The lowest BCUT2D eigenvalue weighted by molar-refractivity contribution is -0.143. The zero-order valence-corrected chi connectivity index (χ0v) is 17.7. The van der Waals surface area contributed by atoms with Gasteiger partial charge in [-0.3, -0.25) is 14.4 Å². The third-order valence-corrected chi connectivity index (χ3v) is 4.83. The summed E-state index contributed by atoms with van der Waals surface area (Å²) in [6.45, 7) is -1.69. The summed E-state index contributed by atoms with van der Waals surface area (Å²) < 4.78 is 0. The molecule has 1 aromatic heterocycles. The van der Waals surface area contributed by atoms with E-state index in [0.29, 0.717) is 11.4 Å². The van der Waals surface area contributed by atoms with Crippen LogP contribution in [0.4, 0.5) is 0 Å². The van der Waals surface area contributed by atoms with Crippen molar-refractivity contribution in [2.45, 2.75) is 37.0 Å². The van der Waals surface area contributed by atoms with E-state index in [0.717, 1.165) is 0 Å². The number of thioether (sulfide) groups is 1. The van der Waals surface area contributed by atoms with E-state index in [-0.39, 0.29) is 12.8 Å². The van der Waals surface area contributed by atoms with E-state index in [2.05, 4.69) is 20.6 Å². The van der Waals surface area contributed by atoms with Gasteiger partial charge in [-0.15, -0.1) is 0 Å². The van der Waals surface area contributed by atoms with Crippen LogP contribution in [0.5, 0.6) is 0 Å². The molecule has 0 aliphatic carbocycles. The lowest BCUT2D eigenvalue weighted by atomic mass is 10.1. The molecule has 31 heavy (non-hydrogen) atoms. The molecule has 174 valence electrons. The van der Waals surface area contributed by atoms with Gasteiger partial charge < -0.3 is 42.0 Å². The van der Waals surface area contributed by atoms with Crippen LogP contribution >= 0.6 is 11.8 Å². The van der Waals surface area contributed by atoms with Gasteiger partial charge in [0.15, 0.2) is 0 Å². The largest absolute Gasteiger partial charge is 0.480 e. The molecule has 9 N–H and O–H groups in total. The number of nitrogens with zero attached hydrogens (tertiary/aromatic N) is 1. The number of hydrogen-bond donors (Lipinski definition) is 8. The van der Waals surface area contributed by atoms with Crippen molar-refractivity contribution < 1.29 is 34.5 Å². The number of nitrogens with one attached hydrogen (secondary N) is 4. The molecule has 4 unspecified atom stereocenters. The van der Waals surface area contributed by atoms with Gasteiger partial charge in [0.2, 0.25) is 17.7 Å². The van der Waals surface area contributed by atoms with E-state index in [4.69, 9.17) is 15.9 Å². The quantitative estimate of drug-likeness (QED) is 0.137. The van der Waals surface area contributed by atoms with Gasteiger partial charge in [0.05, 0.1) is 25.6 Å². The first-order valence-corrected chi connectivity index (χ1v) is 10.7. The standard InChI is InChI=1S/C17H28N6O7S/c1-31-3-2-11(21-14(26)10(18)4-9-5-19-8-20-9)15(27)22-12(6-24)16(28)23-13(7-25)17(29)30/h5,8,10-13,24-25H,2-4,6-7,18H2,1H3,(H,19,20)(H,21,26)(H,22,27)(H,23,28)(H,29,30). The van der Waals surface area contributed by atoms with Gasteiger partial charge in [-0.05, 0) is 18.4 Å². The second-order valence-electron chi connectivity index (χ2n) is 6.56. The highest BCUT2D eigenvalue weighted by Crippen LogP contribution is 2.04. The van der Waals surface area contributed by atoms with Crippen LogP contribution in [0, 0.1) is 0 Å². The highest BCUT2D eigenvalue weighted by Gasteiger charge is 2.29. The number of H-pyrrole nitrogens is 1. The number of carbonyl (C=O) groups excluding carboxylic acids is 3. The van der Waals surface area contributed by atoms with E-state index < -0.39 is 61.1 Å². The minimum atomic E-state index is -1.59. The minimum absolute atomic E-state index is 0.169. The normalized spacial score (nSPS) is 14.7. The number of aliphatic hydroxyl groups is 2. The molecule has 1 rings (SSSR count). The van der Waals surface area contributed by atoms with Crippen molar-refractivity contribution in [2.24, 2.45) is 5.73 Å². The Morgan fingerprint density at radius 3 is 2.16 bits per heavy atom. The maximum atomic E-state index is 12.6. The van der Waals surface area contributed by atoms with Crippen molar-refractivity contribution in [1.29, 1.82) is 0 Å². The Labute approximate surface area is 182 Å². The molecule has 0 aliphatic rings. The lowest BCUT2D eigenvalue weighted by Gasteiger charge is -2.24. The summed E-state index contributed by atoms with van der Waals surface area (Å²) in [7, 11) is 0. The molecule has 0 bridgehead atoms. The van der Waals surface area contributed by atoms with Crippen LogP contribution in [-0.2, 0) is 25.6 Å². The second kappa shape index (κ2) is 13.6. The zero-order chi connectivity index (χ0) is 23.4. The number of rotatable bonds is 14. The number of amides is 3. The predicted octanol–water partition coefficient (Wildman–Crippen LogP) is -3.44.